The molecule has 0 heterocycles. The number of nitrogens with one attached hydrogen (secondary N) is 1. The summed E-state index contributed by atoms with van der Waals surface area (Å²) in [4.78, 5) is 10.2. The van der Waals surface area contributed by atoms with E-state index in [2.05, 4.69) is 5.32 Å². The summed E-state index contributed by atoms with van der Waals surface area (Å²) in [5, 5.41) is 14.0. The smallest absolute Gasteiger partial charge is 0.271 e. The fourth-order valence-corrected chi connectivity index (χ4v) is 3.69. The first-order chi connectivity index (χ1) is 9.13. The number of nitro benzene ring substituents is 1. The summed E-state index contributed by atoms with van der Waals surface area (Å²) in [6, 6.07) is 4.63. The maximum atomic E-state index is 10.6. The number of nitrogens with two attached hydrogens (primary N) is 1. The van der Waals surface area contributed by atoms with Gasteiger partial charge in [0.05, 0.1) is 16.3 Å². The quantitative estimate of drug-likeness (QED) is 0.496. The van der Waals surface area contributed by atoms with Crippen molar-refractivity contribution < 1.29 is 4.92 Å². The summed E-state index contributed by atoms with van der Waals surface area (Å²) in [5.74, 6) is 2.55. The van der Waals surface area contributed by atoms with Crippen molar-refractivity contribution in [3.05, 3.63) is 28.3 Å². The van der Waals surface area contributed by atoms with Gasteiger partial charge in [-0.3, -0.25) is 10.1 Å². The van der Waals surface area contributed by atoms with Crippen molar-refractivity contribution in [1.82, 2.24) is 0 Å². The molecule has 3 rings (SSSR count). The van der Waals surface area contributed by atoms with E-state index in [0.29, 0.717) is 5.69 Å². The molecule has 0 aromatic heterocycles. The number of fused-ring (bicyclic) bond motifs is 2. The molecule has 2 fully saturated rings. The number of hydrogen-bond donors (Lipinski definition) is 2. The molecule has 3 unspecified atom stereocenters. The van der Waals surface area contributed by atoms with Crippen LogP contribution < -0.4 is 11.1 Å². The number of nitrogens with zero attached hydrogens (tertiary/aromatic N) is 1. The van der Waals surface area contributed by atoms with E-state index in [0.717, 1.165) is 30.0 Å². The Morgan fingerprint density at radius 3 is 2.79 bits per heavy atom. The molecule has 0 saturated heterocycles. The number of nitro groups is 1. The summed E-state index contributed by atoms with van der Waals surface area (Å²) < 4.78 is 0. The highest BCUT2D eigenvalue weighted by Gasteiger charge is 2.39. The molecule has 2 bridgehead atoms. The van der Waals surface area contributed by atoms with Crippen LogP contribution in [-0.2, 0) is 0 Å². The van der Waals surface area contributed by atoms with Crippen LogP contribution in [0.5, 0.6) is 0 Å². The molecule has 2 aliphatic rings. The van der Waals surface area contributed by atoms with Crippen LogP contribution in [0.25, 0.3) is 0 Å². The lowest BCUT2D eigenvalue weighted by molar-refractivity contribution is -0.384. The van der Waals surface area contributed by atoms with Crippen molar-refractivity contribution in [3.63, 3.8) is 0 Å². The van der Waals surface area contributed by atoms with E-state index in [9.17, 15) is 10.1 Å². The van der Waals surface area contributed by atoms with Crippen LogP contribution in [0.15, 0.2) is 18.2 Å². The van der Waals surface area contributed by atoms with Gasteiger partial charge in [0.1, 0.15) is 0 Å². The predicted octanol–water partition coefficient (Wildman–Crippen LogP) is 3.03. The lowest BCUT2D eigenvalue weighted by atomic mass is 9.89. The Labute approximate surface area is 112 Å². The van der Waals surface area contributed by atoms with Gasteiger partial charge in [-0.25, -0.2) is 0 Å². The third-order valence-electron chi connectivity index (χ3n) is 4.69. The van der Waals surface area contributed by atoms with E-state index in [1.165, 1.54) is 37.8 Å². The first-order valence-electron chi connectivity index (χ1n) is 6.91. The Bertz CT molecular complexity index is 503. The van der Waals surface area contributed by atoms with Crippen LogP contribution in [0.4, 0.5) is 17.1 Å². The molecule has 1 aromatic carbocycles. The molecule has 3 atom stereocenters. The molecule has 0 amide bonds. The number of non-ortho nitro benzene ring substituents is 1. The van der Waals surface area contributed by atoms with Gasteiger partial charge < -0.3 is 11.1 Å². The molecular formula is C14H19N3O2. The molecule has 5 nitrogen and oxygen atoms in total. The Morgan fingerprint density at radius 1 is 1.37 bits per heavy atom. The van der Waals surface area contributed by atoms with Gasteiger partial charge in [0.15, 0.2) is 0 Å². The fourth-order valence-electron chi connectivity index (χ4n) is 3.69. The fraction of sp³-hybridized carbons (Fsp3) is 0.571. The summed E-state index contributed by atoms with van der Waals surface area (Å²) in [6.45, 7) is 0.934. The first-order valence-corrected chi connectivity index (χ1v) is 6.91. The van der Waals surface area contributed by atoms with Gasteiger partial charge in [-0.2, -0.15) is 0 Å². The Balaban J connectivity index is 1.62. The zero-order valence-electron chi connectivity index (χ0n) is 10.8. The highest BCUT2D eigenvalue weighted by molar-refractivity contribution is 5.69. The maximum Gasteiger partial charge on any atom is 0.271 e. The van der Waals surface area contributed by atoms with Crippen molar-refractivity contribution >= 4 is 17.1 Å². The zero-order valence-corrected chi connectivity index (χ0v) is 10.8. The summed E-state index contributed by atoms with van der Waals surface area (Å²) in [7, 11) is 0. The summed E-state index contributed by atoms with van der Waals surface area (Å²) >= 11 is 0. The van der Waals surface area contributed by atoms with E-state index < -0.39 is 4.92 Å². The lowest BCUT2D eigenvalue weighted by Crippen LogP contribution is -2.20. The molecule has 19 heavy (non-hydrogen) atoms. The lowest BCUT2D eigenvalue weighted by Gasteiger charge is -2.22. The standard InChI is InChI=1S/C14H19N3O2/c15-13-7-12(17(18)19)3-4-14(13)16-8-11-6-9-1-2-10(11)5-9/h3-4,7,9-11,16H,1-2,5-6,8,15H2. The van der Waals surface area contributed by atoms with Crippen molar-refractivity contribution in [2.24, 2.45) is 17.8 Å². The van der Waals surface area contributed by atoms with Gasteiger partial charge in [0.2, 0.25) is 0 Å². The maximum absolute atomic E-state index is 10.6. The largest absolute Gasteiger partial charge is 0.397 e. The number of benzene rings is 1. The van der Waals surface area contributed by atoms with E-state index in [1.807, 2.05) is 0 Å². The molecule has 5 heteroatoms. The van der Waals surface area contributed by atoms with Crippen LogP contribution in [0, 0.1) is 27.9 Å². The number of hydrogen-bond acceptors (Lipinski definition) is 4. The van der Waals surface area contributed by atoms with Gasteiger partial charge in [0, 0.05) is 18.7 Å². The highest BCUT2D eigenvalue weighted by atomic mass is 16.6. The Morgan fingerprint density at radius 2 is 2.21 bits per heavy atom. The SMILES string of the molecule is Nc1cc([N+](=O)[O-])ccc1NCC1CC2CCC1C2. The van der Waals surface area contributed by atoms with Gasteiger partial charge in [-0.1, -0.05) is 6.42 Å². The number of nitrogen functional groups attached to an aromatic ring is 1. The molecule has 102 valence electrons. The Kier molecular flexibility index (Phi) is 3.05. The summed E-state index contributed by atoms with van der Waals surface area (Å²) in [5.41, 5.74) is 7.17. The molecule has 3 N–H and O–H groups in total. The molecule has 2 saturated carbocycles. The summed E-state index contributed by atoms with van der Waals surface area (Å²) in [6.07, 6.45) is 5.49. The Hall–Kier alpha value is -1.78. The van der Waals surface area contributed by atoms with Crippen LogP contribution in [0.2, 0.25) is 0 Å². The van der Waals surface area contributed by atoms with Gasteiger partial charge in [-0.15, -0.1) is 0 Å². The monoisotopic (exact) mass is 261 g/mol. The average molecular weight is 261 g/mol. The van der Waals surface area contributed by atoms with Crippen molar-refractivity contribution in [2.75, 3.05) is 17.6 Å². The third kappa shape index (κ3) is 2.37. The van der Waals surface area contributed by atoms with E-state index in [-0.39, 0.29) is 5.69 Å². The topological polar surface area (TPSA) is 81.2 Å². The van der Waals surface area contributed by atoms with Crippen molar-refractivity contribution in [3.8, 4) is 0 Å². The van der Waals surface area contributed by atoms with Crippen LogP contribution >= 0.6 is 0 Å². The second-order valence-corrected chi connectivity index (χ2v) is 5.84. The van der Waals surface area contributed by atoms with Gasteiger partial charge in [-0.05, 0) is 43.1 Å². The van der Waals surface area contributed by atoms with E-state index in [4.69, 9.17) is 5.73 Å². The van der Waals surface area contributed by atoms with Gasteiger partial charge in [0.25, 0.3) is 5.69 Å². The highest BCUT2D eigenvalue weighted by Crippen LogP contribution is 2.48. The second-order valence-electron chi connectivity index (χ2n) is 5.84. The third-order valence-corrected chi connectivity index (χ3v) is 4.69. The predicted molar refractivity (Wildman–Crippen MR) is 74.9 cm³/mol. The minimum absolute atomic E-state index is 0.0444. The molecular weight excluding hydrogens is 242 g/mol. The van der Waals surface area contributed by atoms with Crippen molar-refractivity contribution in [2.45, 2.75) is 25.7 Å². The van der Waals surface area contributed by atoms with Crippen LogP contribution in [-0.4, -0.2) is 11.5 Å². The molecule has 1 aromatic rings. The molecule has 0 spiro atoms. The van der Waals surface area contributed by atoms with Crippen LogP contribution in [0.3, 0.4) is 0 Å². The van der Waals surface area contributed by atoms with E-state index >= 15 is 0 Å². The molecule has 0 radical (unpaired) electrons. The van der Waals surface area contributed by atoms with E-state index in [1.54, 1.807) is 6.07 Å². The minimum Gasteiger partial charge on any atom is -0.397 e. The molecule has 2 aliphatic carbocycles. The first kappa shape index (κ1) is 12.3. The number of anilines is 2. The second kappa shape index (κ2) is 4.72. The minimum atomic E-state index is -0.421. The van der Waals surface area contributed by atoms with Crippen LogP contribution in [0.1, 0.15) is 25.7 Å². The van der Waals surface area contributed by atoms with Crippen molar-refractivity contribution in [1.29, 1.82) is 0 Å². The number of rotatable bonds is 4. The normalized spacial score (nSPS) is 28.5. The zero-order chi connectivity index (χ0) is 13.4. The average Bonchev–Trinajstić information content (AvgIpc) is 2.99. The molecule has 0 aliphatic heterocycles. The van der Waals surface area contributed by atoms with Gasteiger partial charge >= 0.3 is 0 Å².